The van der Waals surface area contributed by atoms with E-state index in [2.05, 4.69) is 5.32 Å². The van der Waals surface area contributed by atoms with Crippen LogP contribution in [0.25, 0.3) is 0 Å². The fraction of sp³-hybridized carbons (Fsp3) is 0.355. The molecule has 4 rings (SSSR count). The van der Waals surface area contributed by atoms with Crippen molar-refractivity contribution in [2.75, 3.05) is 6.61 Å². The molecule has 0 unspecified atom stereocenters. The molecule has 0 aromatic heterocycles. The zero-order chi connectivity index (χ0) is 27.9. The molecule has 0 aliphatic heterocycles. The average Bonchev–Trinajstić information content (AvgIpc) is 3.43. The number of carbonyl (C=O) groups excluding carboxylic acids is 2. The second kappa shape index (κ2) is 13.6. The highest BCUT2D eigenvalue weighted by atomic mass is 35.5. The maximum atomic E-state index is 13.9. The fourth-order valence-corrected chi connectivity index (χ4v) is 5.62. The van der Waals surface area contributed by atoms with Crippen LogP contribution in [-0.4, -0.2) is 35.4 Å². The van der Waals surface area contributed by atoms with Crippen LogP contribution in [0.4, 0.5) is 0 Å². The maximum Gasteiger partial charge on any atom is 0.261 e. The van der Waals surface area contributed by atoms with Gasteiger partial charge in [0.25, 0.3) is 5.91 Å². The number of amides is 2. The fourth-order valence-electron chi connectivity index (χ4n) is 4.99. The van der Waals surface area contributed by atoms with E-state index in [0.29, 0.717) is 32.8 Å². The molecule has 5 nitrogen and oxygen atoms in total. The van der Waals surface area contributed by atoms with Gasteiger partial charge in [0, 0.05) is 39.6 Å². The van der Waals surface area contributed by atoms with Gasteiger partial charge in [-0.15, -0.1) is 0 Å². The van der Waals surface area contributed by atoms with Crippen molar-refractivity contribution >= 4 is 46.6 Å². The number of nitrogens with one attached hydrogen (secondary N) is 1. The topological polar surface area (TPSA) is 58.6 Å². The van der Waals surface area contributed by atoms with Gasteiger partial charge in [0.15, 0.2) is 6.61 Å². The molecule has 0 heterocycles. The van der Waals surface area contributed by atoms with Crippen LogP contribution in [0.2, 0.25) is 15.1 Å². The van der Waals surface area contributed by atoms with Crippen LogP contribution < -0.4 is 10.1 Å². The Morgan fingerprint density at radius 3 is 2.18 bits per heavy atom. The summed E-state index contributed by atoms with van der Waals surface area (Å²) < 4.78 is 5.93. The number of benzene rings is 3. The van der Waals surface area contributed by atoms with Crippen molar-refractivity contribution in [1.82, 2.24) is 10.2 Å². The molecular formula is C31H33Cl3N2O3. The summed E-state index contributed by atoms with van der Waals surface area (Å²) >= 11 is 19.3. The predicted molar refractivity (Wildman–Crippen MR) is 158 cm³/mol. The van der Waals surface area contributed by atoms with Gasteiger partial charge in [-0.05, 0) is 67.6 Å². The van der Waals surface area contributed by atoms with Gasteiger partial charge in [-0.1, -0.05) is 84.0 Å². The van der Waals surface area contributed by atoms with E-state index in [9.17, 15) is 9.59 Å². The van der Waals surface area contributed by atoms with Crippen LogP contribution >= 0.6 is 34.8 Å². The zero-order valence-corrected chi connectivity index (χ0v) is 24.5. The number of carbonyl (C=O) groups is 2. The third kappa shape index (κ3) is 7.69. The largest absolute Gasteiger partial charge is 0.484 e. The van der Waals surface area contributed by atoms with Crippen molar-refractivity contribution in [2.45, 2.75) is 64.6 Å². The Labute approximate surface area is 245 Å². The van der Waals surface area contributed by atoms with E-state index in [0.717, 1.165) is 42.4 Å². The molecular weight excluding hydrogens is 555 g/mol. The Kier molecular flexibility index (Phi) is 10.2. The minimum absolute atomic E-state index is 0.0644. The Morgan fingerprint density at radius 2 is 1.56 bits per heavy atom. The molecule has 1 atom stereocenters. The third-order valence-corrected chi connectivity index (χ3v) is 8.44. The minimum atomic E-state index is -0.787. The van der Waals surface area contributed by atoms with Gasteiger partial charge in [-0.2, -0.15) is 0 Å². The highest BCUT2D eigenvalue weighted by molar-refractivity contribution is 6.36. The van der Waals surface area contributed by atoms with Gasteiger partial charge in [0.2, 0.25) is 5.91 Å². The highest BCUT2D eigenvalue weighted by Crippen LogP contribution is 2.29. The number of aryl methyl sites for hydroxylation is 2. The maximum absolute atomic E-state index is 13.9. The lowest BCUT2D eigenvalue weighted by atomic mass is 10.0. The summed E-state index contributed by atoms with van der Waals surface area (Å²) in [5, 5.41) is 4.71. The van der Waals surface area contributed by atoms with Crippen LogP contribution in [0.5, 0.6) is 5.75 Å². The van der Waals surface area contributed by atoms with E-state index in [4.69, 9.17) is 39.5 Å². The lowest BCUT2D eigenvalue weighted by Crippen LogP contribution is -2.53. The molecule has 0 bridgehead atoms. The van der Waals surface area contributed by atoms with Crippen molar-refractivity contribution in [1.29, 1.82) is 0 Å². The van der Waals surface area contributed by atoms with Gasteiger partial charge in [0.05, 0.1) is 0 Å². The van der Waals surface area contributed by atoms with Crippen molar-refractivity contribution in [3.63, 3.8) is 0 Å². The second-order valence-corrected chi connectivity index (χ2v) is 11.3. The Balaban J connectivity index is 1.66. The van der Waals surface area contributed by atoms with E-state index >= 15 is 0 Å². The van der Waals surface area contributed by atoms with E-state index in [1.54, 1.807) is 35.2 Å². The summed E-state index contributed by atoms with van der Waals surface area (Å²) in [4.78, 5) is 29.2. The van der Waals surface area contributed by atoms with Gasteiger partial charge in [-0.25, -0.2) is 0 Å². The minimum Gasteiger partial charge on any atom is -0.484 e. The molecule has 206 valence electrons. The van der Waals surface area contributed by atoms with E-state index in [1.807, 2.05) is 44.2 Å². The molecule has 1 N–H and O–H groups in total. The Morgan fingerprint density at radius 1 is 0.949 bits per heavy atom. The molecule has 0 radical (unpaired) electrons. The van der Waals surface area contributed by atoms with Gasteiger partial charge >= 0.3 is 0 Å². The van der Waals surface area contributed by atoms with Crippen LogP contribution in [0, 0.1) is 13.8 Å². The molecule has 1 fully saturated rings. The smallest absolute Gasteiger partial charge is 0.261 e. The summed E-state index contributed by atoms with van der Waals surface area (Å²) in [6.07, 6.45) is 4.38. The molecule has 1 aliphatic rings. The van der Waals surface area contributed by atoms with E-state index in [-0.39, 0.29) is 31.0 Å². The second-order valence-electron chi connectivity index (χ2n) is 10.1. The normalized spacial score (nSPS) is 14.2. The summed E-state index contributed by atoms with van der Waals surface area (Å²) in [5.41, 5.74) is 3.24. The Hall–Kier alpha value is -2.73. The number of halogens is 3. The molecule has 3 aromatic rings. The molecule has 1 saturated carbocycles. The number of rotatable bonds is 10. The lowest BCUT2D eigenvalue weighted by Gasteiger charge is -2.32. The molecule has 0 saturated heterocycles. The first kappa shape index (κ1) is 29.3. The first-order chi connectivity index (χ1) is 18.7. The van der Waals surface area contributed by atoms with Crippen LogP contribution in [0.15, 0.2) is 60.7 Å². The number of nitrogens with zero attached hydrogens (tertiary/aromatic N) is 1. The predicted octanol–water partition coefficient (Wildman–Crippen LogP) is 7.34. The molecule has 39 heavy (non-hydrogen) atoms. The molecule has 2 amide bonds. The van der Waals surface area contributed by atoms with Crippen molar-refractivity contribution < 1.29 is 14.3 Å². The standard InChI is InChI=1S/C31H33Cl3N2O3/c1-20-15-24(16-21(2)30(20)34)39-19-29(37)36(18-25-26(32)13-8-14-27(25)33)28(17-22-9-4-3-5-10-22)31(38)35-23-11-6-7-12-23/h3-5,8-10,13-16,23,28H,6-7,11-12,17-19H2,1-2H3,(H,35,38)/t28-/m1/s1. The van der Waals surface area contributed by atoms with Crippen molar-refractivity contribution in [2.24, 2.45) is 0 Å². The summed E-state index contributed by atoms with van der Waals surface area (Å²) in [7, 11) is 0. The molecule has 3 aromatic carbocycles. The number of ether oxygens (including phenoxy) is 1. The summed E-state index contributed by atoms with van der Waals surface area (Å²) in [5.74, 6) is -0.00676. The average molecular weight is 588 g/mol. The first-order valence-electron chi connectivity index (χ1n) is 13.2. The molecule has 1 aliphatic carbocycles. The van der Waals surface area contributed by atoms with Crippen LogP contribution in [-0.2, 0) is 22.6 Å². The Bertz CT molecular complexity index is 1270. The molecule has 0 spiro atoms. The van der Waals surface area contributed by atoms with Gasteiger partial charge < -0.3 is 15.0 Å². The lowest BCUT2D eigenvalue weighted by molar-refractivity contribution is -0.143. The zero-order valence-electron chi connectivity index (χ0n) is 22.2. The quantitative estimate of drug-likeness (QED) is 0.270. The van der Waals surface area contributed by atoms with Crippen LogP contribution in [0.1, 0.15) is 47.9 Å². The SMILES string of the molecule is Cc1cc(OCC(=O)N(Cc2c(Cl)cccc2Cl)[C@H](Cc2ccccc2)C(=O)NC2CCCC2)cc(C)c1Cl. The highest BCUT2D eigenvalue weighted by Gasteiger charge is 2.33. The number of hydrogen-bond donors (Lipinski definition) is 1. The first-order valence-corrected chi connectivity index (χ1v) is 14.3. The summed E-state index contributed by atoms with van der Waals surface area (Å²) in [6, 6.07) is 17.8. The van der Waals surface area contributed by atoms with Crippen LogP contribution in [0.3, 0.4) is 0 Å². The van der Waals surface area contributed by atoms with Crippen molar-refractivity contribution in [3.05, 3.63) is 98.0 Å². The third-order valence-electron chi connectivity index (χ3n) is 7.14. The number of hydrogen-bond acceptors (Lipinski definition) is 3. The van der Waals surface area contributed by atoms with Gasteiger partial charge in [0.1, 0.15) is 11.8 Å². The molecule has 8 heteroatoms. The van der Waals surface area contributed by atoms with E-state index in [1.165, 1.54) is 0 Å². The monoisotopic (exact) mass is 586 g/mol. The van der Waals surface area contributed by atoms with E-state index < -0.39 is 6.04 Å². The van der Waals surface area contributed by atoms with Gasteiger partial charge in [-0.3, -0.25) is 9.59 Å². The van der Waals surface area contributed by atoms with Crippen molar-refractivity contribution in [3.8, 4) is 5.75 Å². The summed E-state index contributed by atoms with van der Waals surface area (Å²) in [6.45, 7) is 3.58.